The second kappa shape index (κ2) is 4.88. The highest BCUT2D eigenvalue weighted by molar-refractivity contribution is 6.25. The number of Topliss-reactive ketones (excluding diaryl/α,β-unsaturated/α-hetero) is 1. The Morgan fingerprint density at radius 1 is 0.840 bits per heavy atom. The fourth-order valence-electron chi connectivity index (χ4n) is 5.01. The van der Waals surface area contributed by atoms with Crippen molar-refractivity contribution in [2.24, 2.45) is 11.8 Å². The van der Waals surface area contributed by atoms with Gasteiger partial charge < -0.3 is 0 Å². The van der Waals surface area contributed by atoms with Gasteiger partial charge in [-0.05, 0) is 29.7 Å². The van der Waals surface area contributed by atoms with Gasteiger partial charge in [0.25, 0.3) is 0 Å². The summed E-state index contributed by atoms with van der Waals surface area (Å²) in [7, 11) is 0. The van der Waals surface area contributed by atoms with Crippen LogP contribution in [0.3, 0.4) is 0 Å². The van der Waals surface area contributed by atoms with Gasteiger partial charge in [0, 0.05) is 12.3 Å². The highest BCUT2D eigenvalue weighted by Crippen LogP contribution is 2.57. The van der Waals surface area contributed by atoms with Gasteiger partial charge in [0.1, 0.15) is 5.78 Å². The lowest BCUT2D eigenvalue weighted by molar-refractivity contribution is -0.134. The number of imide groups is 1. The van der Waals surface area contributed by atoms with Crippen molar-refractivity contribution >= 4 is 23.3 Å². The third kappa shape index (κ3) is 1.74. The molecule has 2 aromatic rings. The second-order valence-electron chi connectivity index (χ2n) is 7.23. The van der Waals surface area contributed by atoms with Crippen molar-refractivity contribution in [2.45, 2.75) is 25.2 Å². The van der Waals surface area contributed by atoms with E-state index >= 15 is 0 Å². The normalized spacial score (nSPS) is 29.8. The van der Waals surface area contributed by atoms with Crippen molar-refractivity contribution in [1.82, 2.24) is 0 Å². The number of hydrogen-bond acceptors (Lipinski definition) is 3. The molecule has 0 spiro atoms. The molecule has 0 aromatic heterocycles. The molecule has 1 saturated heterocycles. The van der Waals surface area contributed by atoms with Crippen LogP contribution in [0.25, 0.3) is 0 Å². The van der Waals surface area contributed by atoms with Crippen molar-refractivity contribution < 1.29 is 14.4 Å². The van der Waals surface area contributed by atoms with E-state index in [4.69, 9.17) is 0 Å². The van der Waals surface area contributed by atoms with Crippen LogP contribution in [0.15, 0.2) is 48.5 Å². The zero-order chi connectivity index (χ0) is 17.3. The van der Waals surface area contributed by atoms with Crippen molar-refractivity contribution in [1.29, 1.82) is 0 Å². The minimum absolute atomic E-state index is 0.0951. The van der Waals surface area contributed by atoms with Gasteiger partial charge >= 0.3 is 0 Å². The highest BCUT2D eigenvalue weighted by Gasteiger charge is 2.62. The molecule has 2 aromatic carbocycles. The van der Waals surface area contributed by atoms with E-state index in [0.717, 1.165) is 16.7 Å². The molecular weight excluding hydrogens is 314 g/mol. The number of benzene rings is 2. The lowest BCUT2D eigenvalue weighted by atomic mass is 9.56. The molecule has 2 bridgehead atoms. The summed E-state index contributed by atoms with van der Waals surface area (Å²) in [5, 5.41) is 0. The van der Waals surface area contributed by atoms with Crippen LogP contribution in [0, 0.1) is 18.8 Å². The number of para-hydroxylation sites is 1. The maximum atomic E-state index is 13.2. The maximum Gasteiger partial charge on any atom is 0.238 e. The molecule has 25 heavy (non-hydrogen) atoms. The molecule has 4 aliphatic rings. The monoisotopic (exact) mass is 331 g/mol. The molecule has 0 radical (unpaired) electrons. The summed E-state index contributed by atoms with van der Waals surface area (Å²) in [6.07, 6.45) is 0.365. The third-order valence-corrected chi connectivity index (χ3v) is 6.05. The molecule has 1 aliphatic heterocycles. The van der Waals surface area contributed by atoms with Gasteiger partial charge in [-0.1, -0.05) is 42.5 Å². The smallest absolute Gasteiger partial charge is 0.238 e. The van der Waals surface area contributed by atoms with E-state index < -0.39 is 17.8 Å². The molecule has 2 amide bonds. The van der Waals surface area contributed by atoms with Crippen LogP contribution in [0.1, 0.15) is 34.9 Å². The number of nitrogens with zero attached hydrogens (tertiary/aromatic N) is 1. The Balaban J connectivity index is 1.68. The zero-order valence-electron chi connectivity index (χ0n) is 13.8. The van der Waals surface area contributed by atoms with Crippen LogP contribution in [-0.4, -0.2) is 17.6 Å². The van der Waals surface area contributed by atoms with Crippen LogP contribution < -0.4 is 4.90 Å². The Bertz CT molecular complexity index is 948. The van der Waals surface area contributed by atoms with Crippen molar-refractivity contribution in [3.63, 3.8) is 0 Å². The fraction of sp³-hybridized carbons (Fsp3) is 0.286. The molecule has 4 heteroatoms. The number of hydrogen-bond donors (Lipinski definition) is 0. The van der Waals surface area contributed by atoms with E-state index in [9.17, 15) is 14.4 Å². The van der Waals surface area contributed by atoms with Gasteiger partial charge in [-0.15, -0.1) is 0 Å². The number of anilines is 1. The maximum absolute atomic E-state index is 13.2. The average Bonchev–Trinajstić information content (AvgIpc) is 2.88. The van der Waals surface area contributed by atoms with Crippen LogP contribution in [0.4, 0.5) is 5.69 Å². The lowest BCUT2D eigenvalue weighted by Gasteiger charge is -2.43. The van der Waals surface area contributed by atoms with Crippen LogP contribution in [0.5, 0.6) is 0 Å². The molecule has 3 aliphatic carbocycles. The molecule has 4 nitrogen and oxygen atoms in total. The highest BCUT2D eigenvalue weighted by atomic mass is 16.2. The number of aryl methyl sites for hydroxylation is 1. The molecule has 4 atom stereocenters. The predicted molar refractivity (Wildman–Crippen MR) is 92.2 cm³/mol. The van der Waals surface area contributed by atoms with Gasteiger partial charge in [-0.3, -0.25) is 14.4 Å². The van der Waals surface area contributed by atoms with Crippen molar-refractivity contribution in [2.75, 3.05) is 4.90 Å². The van der Waals surface area contributed by atoms with Crippen molar-refractivity contribution in [3.8, 4) is 0 Å². The van der Waals surface area contributed by atoms with E-state index in [1.54, 1.807) is 6.07 Å². The summed E-state index contributed by atoms with van der Waals surface area (Å²) >= 11 is 0. The first kappa shape index (κ1) is 14.6. The van der Waals surface area contributed by atoms with E-state index in [-0.39, 0.29) is 23.5 Å². The fourth-order valence-corrected chi connectivity index (χ4v) is 5.01. The summed E-state index contributed by atoms with van der Waals surface area (Å²) in [6, 6.07) is 15.2. The first-order valence-electron chi connectivity index (χ1n) is 8.64. The first-order chi connectivity index (χ1) is 12.1. The quantitative estimate of drug-likeness (QED) is 0.755. The number of rotatable bonds is 1. The van der Waals surface area contributed by atoms with Gasteiger partial charge in [-0.2, -0.15) is 0 Å². The number of ketones is 1. The van der Waals surface area contributed by atoms with E-state index in [0.29, 0.717) is 12.1 Å². The minimum Gasteiger partial charge on any atom is -0.299 e. The Kier molecular flexibility index (Phi) is 2.85. The molecule has 0 unspecified atom stereocenters. The molecule has 1 saturated carbocycles. The Hall–Kier alpha value is -2.75. The topological polar surface area (TPSA) is 54.5 Å². The largest absolute Gasteiger partial charge is 0.299 e. The summed E-state index contributed by atoms with van der Waals surface area (Å²) in [5.41, 5.74) is 3.54. The van der Waals surface area contributed by atoms with Crippen molar-refractivity contribution in [3.05, 3.63) is 65.2 Å². The second-order valence-corrected chi connectivity index (χ2v) is 7.23. The summed E-state index contributed by atoms with van der Waals surface area (Å²) in [5.74, 6) is -1.89. The summed E-state index contributed by atoms with van der Waals surface area (Å²) in [4.78, 5) is 40.4. The van der Waals surface area contributed by atoms with Crippen LogP contribution in [0.2, 0.25) is 0 Å². The summed E-state index contributed by atoms with van der Waals surface area (Å²) in [6.45, 7) is 1.90. The molecule has 1 heterocycles. The standard InChI is InChI=1S/C21H17NO3/c1-11-6-2-5-9-15(11)22-20(24)18-14-10-16(23)17(19(18)21(22)25)13-8-4-3-7-12(13)14/h2-9,14,17-19H,10H2,1H3/t14-,17+,18+,19-/m1/s1. The predicted octanol–water partition coefficient (Wildman–Crippen LogP) is 2.95. The Morgan fingerprint density at radius 2 is 1.48 bits per heavy atom. The molecule has 0 N–H and O–H groups in total. The number of carbonyl (C=O) groups excluding carboxylic acids is 3. The number of amides is 2. The lowest BCUT2D eigenvalue weighted by Crippen LogP contribution is -2.44. The molecular formula is C21H17NO3. The molecule has 2 fully saturated rings. The van der Waals surface area contributed by atoms with Crippen LogP contribution in [-0.2, 0) is 14.4 Å². The Labute approximate surface area is 145 Å². The SMILES string of the molecule is Cc1ccccc1N1C(=O)[C@@H]2[C@H](C1=O)[C@@H]1C(=O)C[C@@H]2c2ccccc21. The van der Waals surface area contributed by atoms with Gasteiger partial charge in [-0.25, -0.2) is 4.90 Å². The minimum atomic E-state index is -0.548. The number of carbonyl (C=O) groups is 3. The molecule has 124 valence electrons. The Morgan fingerprint density at radius 3 is 2.24 bits per heavy atom. The van der Waals surface area contributed by atoms with Crippen LogP contribution >= 0.6 is 0 Å². The third-order valence-electron chi connectivity index (χ3n) is 6.05. The van der Waals surface area contributed by atoms with E-state index in [2.05, 4.69) is 0 Å². The zero-order valence-corrected chi connectivity index (χ0v) is 13.8. The van der Waals surface area contributed by atoms with E-state index in [1.807, 2.05) is 49.4 Å². The number of fused-ring (bicyclic) bond motifs is 1. The van der Waals surface area contributed by atoms with Gasteiger partial charge in [0.05, 0.1) is 23.4 Å². The molecule has 6 rings (SSSR count). The average molecular weight is 331 g/mol. The van der Waals surface area contributed by atoms with Gasteiger partial charge in [0.15, 0.2) is 0 Å². The van der Waals surface area contributed by atoms with Gasteiger partial charge in [0.2, 0.25) is 11.8 Å². The van der Waals surface area contributed by atoms with E-state index in [1.165, 1.54) is 4.90 Å². The summed E-state index contributed by atoms with van der Waals surface area (Å²) < 4.78 is 0. The first-order valence-corrected chi connectivity index (χ1v) is 8.64.